The van der Waals surface area contributed by atoms with E-state index in [1.807, 2.05) is 12.1 Å². The summed E-state index contributed by atoms with van der Waals surface area (Å²) in [5.41, 5.74) is 0.702. The van der Waals surface area contributed by atoms with Crippen molar-refractivity contribution in [3.63, 3.8) is 0 Å². The van der Waals surface area contributed by atoms with Crippen molar-refractivity contribution in [2.75, 3.05) is 6.54 Å². The van der Waals surface area contributed by atoms with E-state index in [0.29, 0.717) is 27.6 Å². The topological polar surface area (TPSA) is 25.2 Å². The van der Waals surface area contributed by atoms with Gasteiger partial charge in [0.1, 0.15) is 5.76 Å². The summed E-state index contributed by atoms with van der Waals surface area (Å²) in [6.07, 6.45) is 3.64. The van der Waals surface area contributed by atoms with Crippen molar-refractivity contribution in [2.24, 2.45) is 5.92 Å². The summed E-state index contributed by atoms with van der Waals surface area (Å²) in [5.74, 6) is 1.64. The maximum atomic E-state index is 6.21. The van der Waals surface area contributed by atoms with E-state index in [1.54, 1.807) is 6.07 Å². The molecule has 1 atom stereocenters. The zero-order valence-electron chi connectivity index (χ0n) is 10.9. The van der Waals surface area contributed by atoms with Crippen LogP contribution in [0.1, 0.15) is 38.0 Å². The number of rotatable bonds is 5. The average molecular weight is 298 g/mol. The van der Waals surface area contributed by atoms with Gasteiger partial charge in [-0.3, -0.25) is 0 Å². The molecule has 1 fully saturated rings. The first-order valence-electron chi connectivity index (χ1n) is 6.81. The normalized spacial score (nSPS) is 17.0. The van der Waals surface area contributed by atoms with E-state index >= 15 is 0 Å². The van der Waals surface area contributed by atoms with Crippen LogP contribution in [0.3, 0.4) is 0 Å². The second kappa shape index (κ2) is 5.35. The molecule has 2 nitrogen and oxygen atoms in total. The quantitative estimate of drug-likeness (QED) is 0.821. The summed E-state index contributed by atoms with van der Waals surface area (Å²) >= 11 is 12.4. The maximum Gasteiger partial charge on any atom is 0.154 e. The Kier molecular flexibility index (Phi) is 3.75. The SMILES string of the molecule is CCCNC(c1cc2c(Cl)ccc(Cl)c2o1)C1CC1. The van der Waals surface area contributed by atoms with Gasteiger partial charge in [0.2, 0.25) is 0 Å². The lowest BCUT2D eigenvalue weighted by atomic mass is 10.1. The molecule has 1 unspecified atom stereocenters. The fourth-order valence-electron chi connectivity index (χ4n) is 2.46. The summed E-state index contributed by atoms with van der Waals surface area (Å²) in [6, 6.07) is 5.93. The molecule has 3 rings (SSSR count). The molecule has 2 aromatic rings. The summed E-state index contributed by atoms with van der Waals surface area (Å²) in [7, 11) is 0. The zero-order chi connectivity index (χ0) is 13.4. The molecular formula is C15H17Cl2NO. The number of fused-ring (bicyclic) bond motifs is 1. The fraction of sp³-hybridized carbons (Fsp3) is 0.467. The molecule has 19 heavy (non-hydrogen) atoms. The Labute approximate surface area is 123 Å². The first kappa shape index (κ1) is 13.3. The van der Waals surface area contributed by atoms with Gasteiger partial charge in [-0.15, -0.1) is 0 Å². The summed E-state index contributed by atoms with van der Waals surface area (Å²) in [6.45, 7) is 3.17. The van der Waals surface area contributed by atoms with Gasteiger partial charge < -0.3 is 9.73 Å². The second-order valence-electron chi connectivity index (χ2n) is 5.19. The Balaban J connectivity index is 1.99. The molecule has 1 heterocycles. The highest BCUT2D eigenvalue weighted by molar-refractivity contribution is 6.39. The van der Waals surface area contributed by atoms with Crippen LogP contribution in [0.2, 0.25) is 10.0 Å². The zero-order valence-corrected chi connectivity index (χ0v) is 12.4. The highest BCUT2D eigenvalue weighted by Crippen LogP contribution is 2.43. The number of hydrogen-bond donors (Lipinski definition) is 1. The first-order chi connectivity index (χ1) is 9.20. The molecule has 0 spiro atoms. The van der Waals surface area contributed by atoms with Crippen LogP contribution in [-0.2, 0) is 0 Å². The third-order valence-electron chi connectivity index (χ3n) is 3.62. The van der Waals surface area contributed by atoms with Crippen LogP contribution in [0.25, 0.3) is 11.0 Å². The van der Waals surface area contributed by atoms with Crippen molar-refractivity contribution >= 4 is 34.2 Å². The van der Waals surface area contributed by atoms with E-state index in [2.05, 4.69) is 12.2 Å². The first-order valence-corrected chi connectivity index (χ1v) is 7.57. The van der Waals surface area contributed by atoms with Crippen LogP contribution in [-0.4, -0.2) is 6.54 Å². The number of furan rings is 1. The summed E-state index contributed by atoms with van der Waals surface area (Å²) < 4.78 is 5.96. The van der Waals surface area contributed by atoms with Crippen LogP contribution in [0, 0.1) is 5.92 Å². The monoisotopic (exact) mass is 297 g/mol. The predicted octanol–water partition coefficient (Wildman–Crippen LogP) is 5.19. The van der Waals surface area contributed by atoms with E-state index in [1.165, 1.54) is 12.8 Å². The van der Waals surface area contributed by atoms with E-state index in [0.717, 1.165) is 24.1 Å². The van der Waals surface area contributed by atoms with Gasteiger partial charge in [0.25, 0.3) is 0 Å². The van der Waals surface area contributed by atoms with Gasteiger partial charge in [-0.05, 0) is 49.9 Å². The molecule has 102 valence electrons. The van der Waals surface area contributed by atoms with Crippen molar-refractivity contribution < 1.29 is 4.42 Å². The van der Waals surface area contributed by atoms with E-state index < -0.39 is 0 Å². The van der Waals surface area contributed by atoms with Crippen LogP contribution >= 0.6 is 23.2 Å². The maximum absolute atomic E-state index is 6.21. The van der Waals surface area contributed by atoms with Crippen molar-refractivity contribution in [2.45, 2.75) is 32.2 Å². The smallest absolute Gasteiger partial charge is 0.154 e. The molecule has 1 aromatic heterocycles. The summed E-state index contributed by atoms with van der Waals surface area (Å²) in [4.78, 5) is 0. The molecule has 4 heteroatoms. The van der Waals surface area contributed by atoms with Crippen LogP contribution in [0.4, 0.5) is 0 Å². The lowest BCUT2D eigenvalue weighted by Crippen LogP contribution is -2.23. The van der Waals surface area contributed by atoms with Gasteiger partial charge in [0, 0.05) is 5.39 Å². The second-order valence-corrected chi connectivity index (χ2v) is 6.00. The molecule has 1 aliphatic rings. The molecule has 0 amide bonds. The van der Waals surface area contributed by atoms with Crippen molar-refractivity contribution in [1.82, 2.24) is 5.32 Å². The fourth-order valence-corrected chi connectivity index (χ4v) is 2.87. The molecule has 0 saturated heterocycles. The Bertz CT molecular complexity index is 550. The standard InChI is InChI=1S/C15H17Cl2NO/c1-2-7-18-14(9-3-4-9)13-8-10-11(16)5-6-12(17)15(10)19-13/h5-6,8-9,14,18H,2-4,7H2,1H3. The number of halogens is 2. The van der Waals surface area contributed by atoms with E-state index in [4.69, 9.17) is 27.6 Å². The minimum Gasteiger partial charge on any atom is -0.458 e. The number of hydrogen-bond acceptors (Lipinski definition) is 2. The summed E-state index contributed by atoms with van der Waals surface area (Å²) in [5, 5.41) is 5.79. The molecule has 1 saturated carbocycles. The third-order valence-corrected chi connectivity index (χ3v) is 4.24. The predicted molar refractivity (Wildman–Crippen MR) is 80.0 cm³/mol. The third kappa shape index (κ3) is 2.62. The van der Waals surface area contributed by atoms with Crippen molar-refractivity contribution in [1.29, 1.82) is 0 Å². The Morgan fingerprint density at radius 2 is 2.05 bits per heavy atom. The van der Waals surface area contributed by atoms with Crippen molar-refractivity contribution in [3.8, 4) is 0 Å². The van der Waals surface area contributed by atoms with Gasteiger partial charge >= 0.3 is 0 Å². The lowest BCUT2D eigenvalue weighted by molar-refractivity contribution is 0.397. The minimum absolute atomic E-state index is 0.291. The molecule has 1 aliphatic carbocycles. The van der Waals surface area contributed by atoms with E-state index in [-0.39, 0.29) is 0 Å². The van der Waals surface area contributed by atoms with Gasteiger partial charge in [-0.25, -0.2) is 0 Å². The molecule has 0 aliphatic heterocycles. The molecule has 0 radical (unpaired) electrons. The molecule has 1 N–H and O–H groups in total. The van der Waals surface area contributed by atoms with Crippen molar-refractivity contribution in [3.05, 3.63) is 34.0 Å². The van der Waals surface area contributed by atoms with Crippen LogP contribution < -0.4 is 5.32 Å². The molecule has 1 aromatic carbocycles. The largest absolute Gasteiger partial charge is 0.458 e. The molecule has 0 bridgehead atoms. The highest BCUT2D eigenvalue weighted by atomic mass is 35.5. The van der Waals surface area contributed by atoms with Gasteiger partial charge in [-0.2, -0.15) is 0 Å². The van der Waals surface area contributed by atoms with Gasteiger partial charge in [0.15, 0.2) is 5.58 Å². The average Bonchev–Trinajstić information content (AvgIpc) is 3.13. The Hall–Kier alpha value is -0.700. The van der Waals surface area contributed by atoms with Gasteiger partial charge in [-0.1, -0.05) is 30.1 Å². The Morgan fingerprint density at radius 3 is 2.68 bits per heavy atom. The molecular weight excluding hydrogens is 281 g/mol. The lowest BCUT2D eigenvalue weighted by Gasteiger charge is -2.14. The minimum atomic E-state index is 0.291. The van der Waals surface area contributed by atoms with E-state index in [9.17, 15) is 0 Å². The van der Waals surface area contributed by atoms with Gasteiger partial charge in [0.05, 0.1) is 16.1 Å². The van der Waals surface area contributed by atoms with Crippen LogP contribution in [0.15, 0.2) is 22.6 Å². The number of benzene rings is 1. The Morgan fingerprint density at radius 1 is 1.32 bits per heavy atom. The highest BCUT2D eigenvalue weighted by Gasteiger charge is 2.34. The number of nitrogens with one attached hydrogen (secondary N) is 1. The van der Waals surface area contributed by atoms with Crippen LogP contribution in [0.5, 0.6) is 0 Å².